The monoisotopic (exact) mass is 254 g/mol. The second-order valence-corrected chi connectivity index (χ2v) is 4.96. The van der Waals surface area contributed by atoms with Crippen molar-refractivity contribution in [3.63, 3.8) is 0 Å². The smallest absolute Gasteiger partial charge is 0.243 e. The van der Waals surface area contributed by atoms with Crippen LogP contribution in [0.25, 0.3) is 0 Å². The number of aliphatic hydroxyl groups is 1. The largest absolute Gasteiger partial charge is 0.392 e. The van der Waals surface area contributed by atoms with Crippen LogP contribution in [0.15, 0.2) is 4.52 Å². The van der Waals surface area contributed by atoms with Gasteiger partial charge in [-0.3, -0.25) is 0 Å². The number of hydrogen-bond donors (Lipinski definition) is 2. The summed E-state index contributed by atoms with van der Waals surface area (Å²) in [5, 5.41) is 16.6. The van der Waals surface area contributed by atoms with E-state index in [-0.39, 0.29) is 18.2 Å². The van der Waals surface area contributed by atoms with E-state index >= 15 is 0 Å². The van der Waals surface area contributed by atoms with Crippen LogP contribution in [0.1, 0.15) is 30.3 Å². The summed E-state index contributed by atoms with van der Waals surface area (Å²) in [4.78, 5) is 6.56. The number of rotatable bonds is 2. The summed E-state index contributed by atoms with van der Waals surface area (Å²) >= 11 is 0. The zero-order chi connectivity index (χ0) is 12.5. The van der Waals surface area contributed by atoms with E-state index in [1.165, 1.54) is 0 Å². The maximum absolute atomic E-state index is 9.47. The van der Waals surface area contributed by atoms with E-state index in [0.29, 0.717) is 31.3 Å². The molecule has 2 aliphatic heterocycles. The van der Waals surface area contributed by atoms with Gasteiger partial charge in [-0.2, -0.15) is 4.98 Å². The van der Waals surface area contributed by atoms with Gasteiger partial charge in [0, 0.05) is 19.6 Å². The van der Waals surface area contributed by atoms with Crippen LogP contribution in [0, 0.1) is 0 Å². The fourth-order valence-corrected chi connectivity index (χ4v) is 2.36. The molecule has 0 amide bonds. The molecule has 2 aliphatic rings. The average molecular weight is 254 g/mol. The molecule has 100 valence electrons. The van der Waals surface area contributed by atoms with Gasteiger partial charge in [-0.1, -0.05) is 5.16 Å². The molecule has 3 heterocycles. The maximum Gasteiger partial charge on any atom is 0.243 e. The lowest BCUT2D eigenvalue weighted by molar-refractivity contribution is -0.0264. The minimum atomic E-state index is -0.331. The number of hydrogen-bond acceptors (Lipinski definition) is 7. The molecule has 2 fully saturated rings. The molecule has 3 rings (SSSR count). The van der Waals surface area contributed by atoms with Crippen LogP contribution in [-0.2, 0) is 4.74 Å². The van der Waals surface area contributed by atoms with E-state index in [4.69, 9.17) is 9.26 Å². The van der Waals surface area contributed by atoms with Crippen LogP contribution in [0.4, 0.5) is 0 Å². The average Bonchev–Trinajstić information content (AvgIpc) is 2.97. The third-order valence-corrected chi connectivity index (χ3v) is 3.42. The molecule has 7 nitrogen and oxygen atoms in total. The van der Waals surface area contributed by atoms with Crippen LogP contribution in [0.5, 0.6) is 0 Å². The summed E-state index contributed by atoms with van der Waals surface area (Å²) < 4.78 is 10.9. The Morgan fingerprint density at radius 1 is 1.50 bits per heavy atom. The van der Waals surface area contributed by atoms with Crippen molar-refractivity contribution in [3.8, 4) is 0 Å². The molecule has 0 bridgehead atoms. The molecule has 1 aromatic rings. The second kappa shape index (κ2) is 4.93. The Kier molecular flexibility index (Phi) is 3.29. The molecule has 0 spiro atoms. The molecule has 3 atom stereocenters. The molecule has 0 saturated carbocycles. The number of nitrogens with one attached hydrogen (secondary N) is 1. The number of nitrogens with zero attached hydrogens (tertiary/aromatic N) is 3. The van der Waals surface area contributed by atoms with Gasteiger partial charge in [-0.25, -0.2) is 0 Å². The van der Waals surface area contributed by atoms with Gasteiger partial charge < -0.3 is 24.6 Å². The fraction of sp³-hybridized carbons (Fsp3) is 0.818. The number of aliphatic hydroxyl groups excluding tert-OH is 1. The topological polar surface area (TPSA) is 83.7 Å². The van der Waals surface area contributed by atoms with Crippen LogP contribution in [0.2, 0.25) is 0 Å². The molecular weight excluding hydrogens is 236 g/mol. The lowest BCUT2D eigenvalue weighted by atomic mass is 10.2. The van der Waals surface area contributed by atoms with Crippen LogP contribution < -0.4 is 5.32 Å². The van der Waals surface area contributed by atoms with Crippen molar-refractivity contribution in [1.29, 1.82) is 0 Å². The van der Waals surface area contributed by atoms with E-state index in [1.807, 2.05) is 7.05 Å². The molecule has 18 heavy (non-hydrogen) atoms. The Hall–Kier alpha value is -1.02. The normalized spacial score (nSPS) is 34.0. The highest BCUT2D eigenvalue weighted by atomic mass is 16.5. The first-order chi connectivity index (χ1) is 8.72. The second-order valence-electron chi connectivity index (χ2n) is 4.96. The third-order valence-electron chi connectivity index (χ3n) is 3.42. The van der Waals surface area contributed by atoms with Gasteiger partial charge in [0.25, 0.3) is 0 Å². The van der Waals surface area contributed by atoms with Gasteiger partial charge in [0.2, 0.25) is 11.7 Å². The van der Waals surface area contributed by atoms with E-state index < -0.39 is 0 Å². The Morgan fingerprint density at radius 2 is 2.39 bits per heavy atom. The van der Waals surface area contributed by atoms with Gasteiger partial charge in [0.1, 0.15) is 6.10 Å². The minimum absolute atomic E-state index is 0.0393. The van der Waals surface area contributed by atoms with Crippen molar-refractivity contribution in [2.24, 2.45) is 0 Å². The molecule has 2 N–H and O–H groups in total. The number of β-amino-alcohol motifs (C(OH)–C–C–N with tert-alkyl or cyclic N) is 1. The molecule has 0 radical (unpaired) electrons. The third kappa shape index (κ3) is 2.39. The van der Waals surface area contributed by atoms with Gasteiger partial charge >= 0.3 is 0 Å². The predicted molar refractivity (Wildman–Crippen MR) is 61.9 cm³/mol. The lowest BCUT2D eigenvalue weighted by Crippen LogP contribution is -2.35. The zero-order valence-corrected chi connectivity index (χ0v) is 10.4. The van der Waals surface area contributed by atoms with Crippen molar-refractivity contribution in [2.45, 2.75) is 24.7 Å². The van der Waals surface area contributed by atoms with Crippen molar-refractivity contribution in [1.82, 2.24) is 20.4 Å². The summed E-state index contributed by atoms with van der Waals surface area (Å²) in [5.74, 6) is 1.14. The van der Waals surface area contributed by atoms with Gasteiger partial charge in [-0.15, -0.1) is 0 Å². The van der Waals surface area contributed by atoms with E-state index in [1.54, 1.807) is 0 Å². The van der Waals surface area contributed by atoms with Crippen molar-refractivity contribution < 1.29 is 14.4 Å². The van der Waals surface area contributed by atoms with Crippen LogP contribution in [0.3, 0.4) is 0 Å². The van der Waals surface area contributed by atoms with Crippen molar-refractivity contribution in [2.75, 3.05) is 33.3 Å². The minimum Gasteiger partial charge on any atom is -0.392 e. The summed E-state index contributed by atoms with van der Waals surface area (Å²) in [6, 6.07) is -0.0393. The Morgan fingerprint density at radius 3 is 3.11 bits per heavy atom. The fourth-order valence-electron chi connectivity index (χ4n) is 2.36. The number of aromatic nitrogens is 2. The number of likely N-dealkylation sites (N-methyl/N-ethyl adjacent to an activating group) is 1. The first-order valence-corrected chi connectivity index (χ1v) is 6.27. The van der Waals surface area contributed by atoms with Gasteiger partial charge in [0.15, 0.2) is 0 Å². The molecule has 3 unspecified atom stereocenters. The van der Waals surface area contributed by atoms with Crippen molar-refractivity contribution in [3.05, 3.63) is 11.7 Å². The summed E-state index contributed by atoms with van der Waals surface area (Å²) in [7, 11) is 2.05. The number of ether oxygens (including phenoxy) is 1. The standard InChI is InChI=1S/C11H18N4O3/c1-15-2-3-17-9(6-15)10-13-11(18-14-10)8-4-7(16)5-12-8/h7-9,12,16H,2-6H2,1H3. The van der Waals surface area contributed by atoms with Gasteiger partial charge in [-0.05, 0) is 13.5 Å². The highest BCUT2D eigenvalue weighted by molar-refractivity contribution is 5.00. The maximum atomic E-state index is 9.47. The molecular formula is C11H18N4O3. The highest BCUT2D eigenvalue weighted by Gasteiger charge is 2.30. The Balaban J connectivity index is 1.69. The first kappa shape index (κ1) is 12.0. The molecule has 1 aromatic heterocycles. The number of morpholine rings is 1. The first-order valence-electron chi connectivity index (χ1n) is 6.27. The quantitative estimate of drug-likeness (QED) is 0.734. The Labute approximate surface area is 105 Å². The van der Waals surface area contributed by atoms with E-state index in [2.05, 4.69) is 20.4 Å². The van der Waals surface area contributed by atoms with E-state index in [0.717, 1.165) is 13.1 Å². The lowest BCUT2D eigenvalue weighted by Gasteiger charge is -2.27. The molecule has 7 heteroatoms. The molecule has 0 aliphatic carbocycles. The Bertz CT molecular complexity index is 411. The van der Waals surface area contributed by atoms with Crippen LogP contribution >= 0.6 is 0 Å². The summed E-state index contributed by atoms with van der Waals surface area (Å²) in [6.07, 6.45) is 0.169. The highest BCUT2D eigenvalue weighted by Crippen LogP contribution is 2.25. The van der Waals surface area contributed by atoms with E-state index in [9.17, 15) is 5.11 Å². The molecule has 0 aromatic carbocycles. The zero-order valence-electron chi connectivity index (χ0n) is 10.4. The summed E-state index contributed by atoms with van der Waals surface area (Å²) in [6.45, 7) is 2.97. The SMILES string of the molecule is CN1CCOC(c2noc(C3CC(O)CN3)n2)C1. The predicted octanol–water partition coefficient (Wildman–Crippen LogP) is -0.532. The van der Waals surface area contributed by atoms with Crippen LogP contribution in [-0.4, -0.2) is 59.5 Å². The van der Waals surface area contributed by atoms with Crippen molar-refractivity contribution >= 4 is 0 Å². The van der Waals surface area contributed by atoms with Gasteiger partial charge in [0.05, 0.1) is 18.8 Å². The molecule has 2 saturated heterocycles. The summed E-state index contributed by atoms with van der Waals surface area (Å²) in [5.41, 5.74) is 0.